The Morgan fingerprint density at radius 2 is 2.27 bits per heavy atom. The summed E-state index contributed by atoms with van der Waals surface area (Å²) in [4.78, 5) is 21.3. The van der Waals surface area contributed by atoms with Gasteiger partial charge in [-0.1, -0.05) is 6.07 Å². The molecule has 0 fully saturated rings. The van der Waals surface area contributed by atoms with E-state index in [1.165, 1.54) is 6.92 Å². The highest BCUT2D eigenvalue weighted by Crippen LogP contribution is 2.28. The number of hydrogen-bond donors (Lipinski definition) is 1. The monoisotopic (exact) mass is 272 g/mol. The van der Waals surface area contributed by atoms with Crippen LogP contribution in [0, 0.1) is 0 Å². The van der Waals surface area contributed by atoms with E-state index in [0.717, 1.165) is 0 Å². The predicted molar refractivity (Wildman–Crippen MR) is 57.3 cm³/mol. The molecule has 0 radical (unpaired) electrons. The third kappa shape index (κ3) is 2.79. The molecule has 15 heavy (non-hydrogen) atoms. The van der Waals surface area contributed by atoms with Crippen LogP contribution in [0.1, 0.15) is 17.3 Å². The van der Waals surface area contributed by atoms with Crippen molar-refractivity contribution < 1.29 is 19.4 Å². The van der Waals surface area contributed by atoms with Crippen LogP contribution < -0.4 is 4.74 Å². The second kappa shape index (κ2) is 4.93. The number of carboxylic acid groups (broad SMARTS) is 1. The number of rotatable bonds is 4. The van der Waals surface area contributed by atoms with Gasteiger partial charge in [0.05, 0.1) is 10.0 Å². The Hall–Kier alpha value is -1.36. The van der Waals surface area contributed by atoms with Gasteiger partial charge >= 0.3 is 5.97 Å². The Balaban J connectivity index is 3.02. The first kappa shape index (κ1) is 11.7. The lowest BCUT2D eigenvalue weighted by molar-refractivity contribution is -0.144. The quantitative estimate of drug-likeness (QED) is 0.853. The van der Waals surface area contributed by atoms with Gasteiger partial charge in [0.1, 0.15) is 5.75 Å². The molecular formula is C10H9BrO4. The second-order valence-electron chi connectivity index (χ2n) is 2.87. The zero-order valence-corrected chi connectivity index (χ0v) is 9.52. The number of benzene rings is 1. The Kier molecular flexibility index (Phi) is 3.85. The van der Waals surface area contributed by atoms with Gasteiger partial charge in [-0.15, -0.1) is 0 Å². The molecule has 1 N–H and O–H groups in total. The minimum Gasteiger partial charge on any atom is -0.479 e. The molecule has 1 unspecified atom stereocenters. The topological polar surface area (TPSA) is 63.6 Å². The average molecular weight is 273 g/mol. The molecule has 0 bridgehead atoms. The first-order chi connectivity index (χ1) is 7.06. The molecule has 1 atom stereocenters. The van der Waals surface area contributed by atoms with E-state index >= 15 is 0 Å². The van der Waals surface area contributed by atoms with Crippen molar-refractivity contribution in [2.45, 2.75) is 13.0 Å². The van der Waals surface area contributed by atoms with E-state index in [0.29, 0.717) is 16.3 Å². The van der Waals surface area contributed by atoms with E-state index in [4.69, 9.17) is 9.84 Å². The highest BCUT2D eigenvalue weighted by Gasteiger charge is 2.16. The maximum absolute atomic E-state index is 10.7. The van der Waals surface area contributed by atoms with Gasteiger partial charge in [0.15, 0.2) is 12.4 Å². The molecule has 0 saturated heterocycles. The van der Waals surface area contributed by atoms with E-state index in [9.17, 15) is 9.59 Å². The minimum atomic E-state index is -1.08. The van der Waals surface area contributed by atoms with Crippen LogP contribution in [-0.2, 0) is 4.79 Å². The third-order valence-corrected chi connectivity index (χ3v) is 2.39. The molecule has 0 spiro atoms. The summed E-state index contributed by atoms with van der Waals surface area (Å²) in [5.74, 6) is -0.829. The van der Waals surface area contributed by atoms with E-state index in [1.54, 1.807) is 18.2 Å². The van der Waals surface area contributed by atoms with Gasteiger partial charge in [-0.3, -0.25) is 4.79 Å². The molecule has 4 nitrogen and oxygen atoms in total. The Morgan fingerprint density at radius 3 is 2.80 bits per heavy atom. The first-order valence-electron chi connectivity index (χ1n) is 4.19. The van der Waals surface area contributed by atoms with Crippen LogP contribution in [0.25, 0.3) is 0 Å². The predicted octanol–water partition coefficient (Wildman–Crippen LogP) is 2.11. The molecule has 5 heteroatoms. The van der Waals surface area contributed by atoms with Crippen LogP contribution in [0.2, 0.25) is 0 Å². The summed E-state index contributed by atoms with van der Waals surface area (Å²) in [6.07, 6.45) is -0.378. The fourth-order valence-electron chi connectivity index (χ4n) is 0.970. The zero-order valence-electron chi connectivity index (χ0n) is 7.94. The summed E-state index contributed by atoms with van der Waals surface area (Å²) < 4.78 is 5.71. The van der Waals surface area contributed by atoms with Crippen molar-refractivity contribution in [2.75, 3.05) is 0 Å². The fourth-order valence-corrected chi connectivity index (χ4v) is 1.44. The van der Waals surface area contributed by atoms with Gasteiger partial charge in [-0.2, -0.15) is 0 Å². The van der Waals surface area contributed by atoms with Crippen molar-refractivity contribution in [1.82, 2.24) is 0 Å². The Morgan fingerprint density at radius 1 is 1.60 bits per heavy atom. The highest BCUT2D eigenvalue weighted by atomic mass is 79.9. The van der Waals surface area contributed by atoms with Crippen LogP contribution in [0.15, 0.2) is 22.7 Å². The lowest BCUT2D eigenvalue weighted by atomic mass is 10.2. The first-order valence-corrected chi connectivity index (χ1v) is 4.98. The molecule has 0 heterocycles. The van der Waals surface area contributed by atoms with Gasteiger partial charge in [0, 0.05) is 0 Å². The van der Waals surface area contributed by atoms with Gasteiger partial charge in [0.2, 0.25) is 0 Å². The van der Waals surface area contributed by atoms with Crippen LogP contribution in [0.3, 0.4) is 0 Å². The number of halogens is 1. The summed E-state index contributed by atoms with van der Waals surface area (Å²) in [6, 6.07) is 4.91. The second-order valence-corrected chi connectivity index (χ2v) is 3.73. The fraction of sp³-hybridized carbons (Fsp3) is 0.200. The third-order valence-electron chi connectivity index (χ3n) is 1.77. The zero-order chi connectivity index (χ0) is 11.4. The molecule has 0 aliphatic rings. The van der Waals surface area contributed by atoms with Crippen molar-refractivity contribution in [3.8, 4) is 5.75 Å². The summed E-state index contributed by atoms with van der Waals surface area (Å²) >= 11 is 3.19. The number of aldehydes is 1. The largest absolute Gasteiger partial charge is 0.479 e. The number of ether oxygens (including phenoxy) is 1. The lowest BCUT2D eigenvalue weighted by Gasteiger charge is -2.13. The summed E-state index contributed by atoms with van der Waals surface area (Å²) in [6.45, 7) is 1.40. The van der Waals surface area contributed by atoms with Gasteiger partial charge in [0.25, 0.3) is 0 Å². The summed E-state index contributed by atoms with van der Waals surface area (Å²) in [7, 11) is 0. The Bertz CT molecular complexity index is 389. The van der Waals surface area contributed by atoms with Crippen LogP contribution >= 0.6 is 15.9 Å². The number of carbonyl (C=O) groups excluding carboxylic acids is 1. The van der Waals surface area contributed by atoms with Gasteiger partial charge < -0.3 is 9.84 Å². The van der Waals surface area contributed by atoms with Crippen LogP contribution in [-0.4, -0.2) is 23.5 Å². The molecule has 1 aromatic rings. The van der Waals surface area contributed by atoms with Gasteiger partial charge in [-0.25, -0.2) is 4.79 Å². The summed E-state index contributed by atoms with van der Waals surface area (Å²) in [5.41, 5.74) is 0.317. The molecule has 0 aliphatic carbocycles. The normalized spacial score (nSPS) is 11.9. The smallest absolute Gasteiger partial charge is 0.344 e. The number of para-hydroxylation sites is 1. The highest BCUT2D eigenvalue weighted by molar-refractivity contribution is 9.10. The molecular weight excluding hydrogens is 264 g/mol. The molecule has 1 aromatic carbocycles. The number of carbonyl (C=O) groups is 2. The number of carboxylic acids is 1. The van der Waals surface area contributed by atoms with E-state index in [1.807, 2.05) is 0 Å². The maximum Gasteiger partial charge on any atom is 0.344 e. The van der Waals surface area contributed by atoms with Gasteiger partial charge in [-0.05, 0) is 35.0 Å². The van der Waals surface area contributed by atoms with Crippen LogP contribution in [0.5, 0.6) is 5.75 Å². The molecule has 1 rings (SSSR count). The van der Waals surface area contributed by atoms with Crippen molar-refractivity contribution in [3.63, 3.8) is 0 Å². The van der Waals surface area contributed by atoms with E-state index in [2.05, 4.69) is 15.9 Å². The van der Waals surface area contributed by atoms with Crippen molar-refractivity contribution in [3.05, 3.63) is 28.2 Å². The molecule has 80 valence electrons. The molecule has 0 saturated carbocycles. The molecule has 0 aromatic heterocycles. The summed E-state index contributed by atoms with van der Waals surface area (Å²) in [5, 5.41) is 8.67. The standard InChI is InChI=1S/C10H9BrO4/c1-6(10(13)14)15-9-7(5-12)3-2-4-8(9)11/h2-6H,1H3,(H,13,14). The van der Waals surface area contributed by atoms with Crippen molar-refractivity contribution >= 4 is 28.2 Å². The van der Waals surface area contributed by atoms with Crippen molar-refractivity contribution in [1.29, 1.82) is 0 Å². The van der Waals surface area contributed by atoms with Crippen molar-refractivity contribution in [2.24, 2.45) is 0 Å². The number of hydrogen-bond acceptors (Lipinski definition) is 3. The van der Waals surface area contributed by atoms with Crippen LogP contribution in [0.4, 0.5) is 0 Å². The molecule has 0 amide bonds. The maximum atomic E-state index is 10.7. The minimum absolute atomic E-state index is 0.252. The molecule has 0 aliphatic heterocycles. The van der Waals surface area contributed by atoms with E-state index < -0.39 is 12.1 Å². The lowest BCUT2D eigenvalue weighted by Crippen LogP contribution is -2.23. The Labute approximate surface area is 95.0 Å². The van der Waals surface area contributed by atoms with E-state index in [-0.39, 0.29) is 5.75 Å². The SMILES string of the molecule is CC(Oc1c(Br)cccc1C=O)C(=O)O. The number of aliphatic carboxylic acids is 1. The average Bonchev–Trinajstić information content (AvgIpc) is 2.20.